The highest BCUT2D eigenvalue weighted by molar-refractivity contribution is 6.30. The molecule has 2 amide bonds. The Labute approximate surface area is 280 Å². The lowest BCUT2D eigenvalue weighted by Gasteiger charge is -2.19. The number of phenolic OH excluding ortho intramolecular Hbond substituents is 1. The van der Waals surface area contributed by atoms with Crippen LogP contribution in [0.4, 0.5) is 4.39 Å². The molecule has 0 radical (unpaired) electrons. The summed E-state index contributed by atoms with van der Waals surface area (Å²) in [4.78, 5) is 40.6. The number of carbonyl (C=O) groups is 3. The fraction of sp³-hybridized carbons (Fsp3) is 0.371. The average molecular weight is 672 g/mol. The SMILES string of the molecule is CCCOC(=O)Cc1ccc(OCC(=O)N(CC)CC)c(OC)c1.NC(=O)CCC/N=C(\c1ccc(Cl)cc1)c1cc(F)ccc1O. The number of benzene rings is 3. The second kappa shape index (κ2) is 20.5. The van der Waals surface area contributed by atoms with Crippen molar-refractivity contribution in [3.8, 4) is 17.2 Å². The second-order valence-electron chi connectivity index (χ2n) is 10.2. The normalized spacial score (nSPS) is 10.8. The zero-order valence-corrected chi connectivity index (χ0v) is 28.0. The Hall–Kier alpha value is -4.64. The zero-order chi connectivity index (χ0) is 34.8. The van der Waals surface area contributed by atoms with Gasteiger partial charge in [0, 0.05) is 42.2 Å². The Morgan fingerprint density at radius 1 is 0.979 bits per heavy atom. The number of methoxy groups -OCH3 is 1. The first-order chi connectivity index (χ1) is 22.5. The van der Waals surface area contributed by atoms with Gasteiger partial charge in [0.1, 0.15) is 11.6 Å². The third-order valence-corrected chi connectivity index (χ3v) is 6.95. The number of likely N-dealkylation sites (N-methyl/N-ethyl adjacent to an activating group) is 1. The van der Waals surface area contributed by atoms with Crippen LogP contribution in [0.15, 0.2) is 65.7 Å². The van der Waals surface area contributed by atoms with Crippen molar-refractivity contribution >= 4 is 35.1 Å². The van der Waals surface area contributed by atoms with Crippen LogP contribution >= 0.6 is 11.6 Å². The molecule has 47 heavy (non-hydrogen) atoms. The van der Waals surface area contributed by atoms with E-state index in [0.717, 1.165) is 12.0 Å². The van der Waals surface area contributed by atoms with Gasteiger partial charge in [-0.25, -0.2) is 4.39 Å². The summed E-state index contributed by atoms with van der Waals surface area (Å²) in [6.07, 6.45) is 1.66. The fourth-order valence-corrected chi connectivity index (χ4v) is 4.39. The van der Waals surface area contributed by atoms with E-state index >= 15 is 0 Å². The van der Waals surface area contributed by atoms with Crippen molar-refractivity contribution in [1.82, 2.24) is 4.90 Å². The molecule has 0 aromatic heterocycles. The van der Waals surface area contributed by atoms with E-state index < -0.39 is 11.7 Å². The van der Waals surface area contributed by atoms with Gasteiger partial charge in [0.2, 0.25) is 5.91 Å². The molecule has 0 aliphatic heterocycles. The molecule has 0 aliphatic carbocycles. The van der Waals surface area contributed by atoms with Crippen molar-refractivity contribution < 1.29 is 38.1 Å². The molecule has 3 N–H and O–H groups in total. The van der Waals surface area contributed by atoms with Gasteiger partial charge >= 0.3 is 5.97 Å². The quantitative estimate of drug-likeness (QED) is 0.113. The van der Waals surface area contributed by atoms with Gasteiger partial charge < -0.3 is 30.0 Å². The molecule has 254 valence electrons. The Bertz CT molecular complexity index is 1490. The number of rotatable bonds is 16. The number of hydrogen-bond donors (Lipinski definition) is 2. The minimum Gasteiger partial charge on any atom is -0.507 e. The molecule has 3 rings (SSSR count). The maximum absolute atomic E-state index is 13.5. The molecule has 0 saturated carbocycles. The first-order valence-electron chi connectivity index (χ1n) is 15.3. The molecule has 0 saturated heterocycles. The van der Waals surface area contributed by atoms with E-state index in [1.54, 1.807) is 47.4 Å². The van der Waals surface area contributed by atoms with E-state index in [1.807, 2.05) is 20.8 Å². The van der Waals surface area contributed by atoms with Crippen molar-refractivity contribution in [2.24, 2.45) is 10.7 Å². The Morgan fingerprint density at radius 2 is 1.68 bits per heavy atom. The van der Waals surface area contributed by atoms with Crippen LogP contribution in [-0.2, 0) is 25.5 Å². The van der Waals surface area contributed by atoms with Crippen molar-refractivity contribution in [1.29, 1.82) is 0 Å². The summed E-state index contributed by atoms with van der Waals surface area (Å²) in [6.45, 7) is 7.80. The number of phenols is 1. The number of aliphatic imine (C=N–C) groups is 1. The van der Waals surface area contributed by atoms with Crippen molar-refractivity contribution in [2.75, 3.05) is 40.0 Å². The monoisotopic (exact) mass is 671 g/mol. The molecule has 0 aliphatic rings. The van der Waals surface area contributed by atoms with Crippen LogP contribution in [-0.4, -0.2) is 73.5 Å². The highest BCUT2D eigenvalue weighted by Gasteiger charge is 2.15. The zero-order valence-electron chi connectivity index (χ0n) is 27.3. The predicted molar refractivity (Wildman–Crippen MR) is 180 cm³/mol. The second-order valence-corrected chi connectivity index (χ2v) is 10.6. The molecule has 0 bridgehead atoms. The van der Waals surface area contributed by atoms with Gasteiger partial charge in [0.05, 0.1) is 25.8 Å². The maximum atomic E-state index is 13.5. The largest absolute Gasteiger partial charge is 0.507 e. The summed E-state index contributed by atoms with van der Waals surface area (Å²) in [5.41, 5.74) is 7.28. The number of nitrogens with zero attached hydrogens (tertiary/aromatic N) is 2. The summed E-state index contributed by atoms with van der Waals surface area (Å²) >= 11 is 5.88. The topological polar surface area (TPSA) is 141 Å². The van der Waals surface area contributed by atoms with Gasteiger partial charge in [0.15, 0.2) is 18.1 Å². The predicted octanol–water partition coefficient (Wildman–Crippen LogP) is 5.73. The molecule has 3 aromatic carbocycles. The number of ether oxygens (including phenoxy) is 3. The average Bonchev–Trinajstić information content (AvgIpc) is 3.05. The van der Waals surface area contributed by atoms with Crippen LogP contribution in [0.2, 0.25) is 5.02 Å². The number of primary amides is 1. The van der Waals surface area contributed by atoms with Crippen LogP contribution in [0, 0.1) is 5.82 Å². The molecule has 12 heteroatoms. The van der Waals surface area contributed by atoms with Crippen LogP contribution in [0.1, 0.15) is 56.7 Å². The molecule has 0 fully saturated rings. The van der Waals surface area contributed by atoms with Gasteiger partial charge in [0.25, 0.3) is 5.91 Å². The molecule has 0 unspecified atom stereocenters. The Balaban J connectivity index is 0.000000327. The van der Waals surface area contributed by atoms with E-state index in [-0.39, 0.29) is 42.6 Å². The molecular weight excluding hydrogens is 629 g/mol. The van der Waals surface area contributed by atoms with E-state index in [2.05, 4.69) is 4.99 Å². The highest BCUT2D eigenvalue weighted by Crippen LogP contribution is 2.28. The summed E-state index contributed by atoms with van der Waals surface area (Å²) in [7, 11) is 1.52. The van der Waals surface area contributed by atoms with Crippen LogP contribution in [0.5, 0.6) is 17.2 Å². The molecule has 0 atom stereocenters. The third-order valence-electron chi connectivity index (χ3n) is 6.69. The number of hydrogen-bond acceptors (Lipinski definition) is 8. The van der Waals surface area contributed by atoms with Crippen LogP contribution in [0.25, 0.3) is 0 Å². The number of amides is 2. The number of aromatic hydroxyl groups is 1. The lowest BCUT2D eigenvalue weighted by atomic mass is 10.0. The van der Waals surface area contributed by atoms with Gasteiger partial charge in [-0.05, 0) is 74.7 Å². The molecular formula is C35H43ClFN3O7. The van der Waals surface area contributed by atoms with E-state index in [1.165, 1.54) is 25.3 Å². The first-order valence-corrected chi connectivity index (χ1v) is 15.7. The highest BCUT2D eigenvalue weighted by atomic mass is 35.5. The van der Waals surface area contributed by atoms with E-state index in [9.17, 15) is 23.9 Å². The summed E-state index contributed by atoms with van der Waals surface area (Å²) in [5.74, 6) is -0.334. The molecule has 0 spiro atoms. The first kappa shape index (κ1) is 38.5. The van der Waals surface area contributed by atoms with Gasteiger partial charge in [-0.3, -0.25) is 19.4 Å². The molecule has 0 heterocycles. The Kier molecular flexibility index (Phi) is 16.8. The smallest absolute Gasteiger partial charge is 0.310 e. The number of halogens is 2. The summed E-state index contributed by atoms with van der Waals surface area (Å²) in [6, 6.07) is 15.7. The van der Waals surface area contributed by atoms with Crippen molar-refractivity contribution in [3.05, 3.63) is 88.2 Å². The summed E-state index contributed by atoms with van der Waals surface area (Å²) < 4.78 is 29.5. The lowest BCUT2D eigenvalue weighted by molar-refractivity contribution is -0.142. The van der Waals surface area contributed by atoms with Gasteiger partial charge in [-0.15, -0.1) is 0 Å². The standard InChI is InChI=1S/C18H27NO5.C17H16ClFN2O2/c1-5-10-23-18(21)12-14-8-9-15(16(11-14)22-4)24-13-17(20)19(6-2)7-3;18-12-5-3-11(4-6-12)17(21-9-1-2-16(20)23)14-10-13(19)7-8-15(14)22/h8-9,11H,5-7,10,12-13H2,1-4H3;3-8,10,22H,1-2,9H2,(H2,20,23)/b;21-17+. The summed E-state index contributed by atoms with van der Waals surface area (Å²) in [5, 5.41) is 10.6. The Morgan fingerprint density at radius 3 is 2.30 bits per heavy atom. The molecule has 10 nitrogen and oxygen atoms in total. The van der Waals surface area contributed by atoms with Crippen molar-refractivity contribution in [2.45, 2.75) is 46.5 Å². The molecule has 3 aromatic rings. The van der Waals surface area contributed by atoms with Crippen molar-refractivity contribution in [3.63, 3.8) is 0 Å². The lowest BCUT2D eigenvalue weighted by Crippen LogP contribution is -2.34. The van der Waals surface area contributed by atoms with E-state index in [0.29, 0.717) is 60.5 Å². The van der Waals surface area contributed by atoms with Crippen LogP contribution < -0.4 is 15.2 Å². The minimum atomic E-state index is -0.475. The van der Waals surface area contributed by atoms with E-state index in [4.69, 9.17) is 31.5 Å². The van der Waals surface area contributed by atoms with Gasteiger partial charge in [-0.1, -0.05) is 36.7 Å². The third kappa shape index (κ3) is 13.3. The van der Waals surface area contributed by atoms with Gasteiger partial charge in [-0.2, -0.15) is 0 Å². The minimum absolute atomic E-state index is 0.0457. The number of nitrogens with two attached hydrogens (primary N) is 1. The van der Waals surface area contributed by atoms with Crippen LogP contribution in [0.3, 0.4) is 0 Å². The number of carbonyl (C=O) groups excluding carboxylic acids is 3. The fourth-order valence-electron chi connectivity index (χ4n) is 4.26. The maximum Gasteiger partial charge on any atom is 0.310 e. The number of esters is 1.